The molecule has 0 N–H and O–H groups in total. The molecule has 2 unspecified atom stereocenters. The third kappa shape index (κ3) is 3.71. The lowest BCUT2D eigenvalue weighted by atomic mass is 9.67. The van der Waals surface area contributed by atoms with Gasteiger partial charge in [-0.05, 0) is 58.2 Å². The summed E-state index contributed by atoms with van der Waals surface area (Å²) in [5, 5.41) is -0.425. The molecule has 154 valence electrons. The highest BCUT2D eigenvalue weighted by molar-refractivity contribution is 9.10. The van der Waals surface area contributed by atoms with Crippen LogP contribution in [0, 0.1) is 11.7 Å². The molecule has 0 bridgehead atoms. The van der Waals surface area contributed by atoms with Gasteiger partial charge in [-0.2, -0.15) is 13.2 Å². The first-order valence-electron chi connectivity index (χ1n) is 8.12. The summed E-state index contributed by atoms with van der Waals surface area (Å²) < 4.78 is 57.1. The number of rotatable bonds is 3. The van der Waals surface area contributed by atoms with Crippen LogP contribution in [0.3, 0.4) is 0 Å². The molecule has 0 saturated carbocycles. The Balaban J connectivity index is 2.26. The largest absolute Gasteiger partial charge is 0.401 e. The molecule has 1 aliphatic heterocycles. The highest BCUT2D eigenvalue weighted by Gasteiger charge is 2.65. The van der Waals surface area contributed by atoms with E-state index in [-0.39, 0.29) is 36.4 Å². The number of carbonyl (C=O) groups is 1. The Morgan fingerprint density at radius 2 is 1.76 bits per heavy atom. The summed E-state index contributed by atoms with van der Waals surface area (Å²) >= 11 is 20.8. The van der Waals surface area contributed by atoms with Crippen LogP contribution in [0.15, 0.2) is 39.8 Å². The van der Waals surface area contributed by atoms with Crippen LogP contribution in [0.25, 0.3) is 0 Å². The van der Waals surface area contributed by atoms with Gasteiger partial charge in [-0.3, -0.25) is 9.79 Å². The van der Waals surface area contributed by atoms with Crippen molar-refractivity contribution in [2.45, 2.75) is 18.5 Å². The van der Waals surface area contributed by atoms with Crippen LogP contribution in [-0.4, -0.2) is 24.2 Å². The van der Waals surface area contributed by atoms with Crippen molar-refractivity contribution in [3.05, 3.63) is 66.8 Å². The Morgan fingerprint density at radius 3 is 2.24 bits per heavy atom. The van der Waals surface area contributed by atoms with Gasteiger partial charge in [-0.15, -0.1) is 0 Å². The van der Waals surface area contributed by atoms with E-state index >= 15 is 0 Å². The number of alkyl halides is 3. The molecule has 0 aromatic heterocycles. The molecule has 0 amide bonds. The van der Waals surface area contributed by atoms with Crippen molar-refractivity contribution in [2.24, 2.45) is 10.9 Å². The fraction of sp³-hybridized carbons (Fsp3) is 0.263. The van der Waals surface area contributed by atoms with Crippen molar-refractivity contribution >= 4 is 62.2 Å². The Bertz CT molecular complexity index is 1020. The fourth-order valence-corrected chi connectivity index (χ4v) is 4.54. The second kappa shape index (κ2) is 7.84. The van der Waals surface area contributed by atoms with E-state index in [1.54, 1.807) is 0 Å². The van der Waals surface area contributed by atoms with Crippen LogP contribution >= 0.6 is 50.7 Å². The predicted octanol–water partition coefficient (Wildman–Crippen LogP) is 7.06. The van der Waals surface area contributed by atoms with Crippen molar-refractivity contribution in [3.63, 3.8) is 0 Å². The van der Waals surface area contributed by atoms with Gasteiger partial charge in [-0.1, -0.05) is 40.9 Å². The van der Waals surface area contributed by atoms with Crippen LogP contribution in [0.4, 0.5) is 17.6 Å². The zero-order valence-electron chi connectivity index (χ0n) is 14.6. The van der Waals surface area contributed by atoms with Crippen LogP contribution in [0.5, 0.6) is 0 Å². The van der Waals surface area contributed by atoms with Gasteiger partial charge in [-0.25, -0.2) is 4.39 Å². The van der Waals surface area contributed by atoms with E-state index in [1.807, 2.05) is 0 Å². The number of benzene rings is 2. The van der Waals surface area contributed by atoms with Gasteiger partial charge in [0.15, 0.2) is 0 Å². The summed E-state index contributed by atoms with van der Waals surface area (Å²) in [5.74, 6) is -3.01. The summed E-state index contributed by atoms with van der Waals surface area (Å²) in [7, 11) is 0. The number of ketones is 1. The van der Waals surface area contributed by atoms with Crippen LogP contribution in [0.1, 0.15) is 18.1 Å². The standard InChI is InChI=1S/C19H11BrCl3F4NO/c1-8(29)15-17(9-2-3-14(24)11(20)4-9)28-7-18(15,19(25,26)27)10-5-12(21)16(23)13(22)6-10/h2-6,15H,7H2,1H3. The van der Waals surface area contributed by atoms with E-state index in [0.717, 1.165) is 25.1 Å². The summed E-state index contributed by atoms with van der Waals surface area (Å²) in [4.78, 5) is 16.6. The third-order valence-electron chi connectivity index (χ3n) is 4.89. The van der Waals surface area contributed by atoms with Gasteiger partial charge < -0.3 is 0 Å². The van der Waals surface area contributed by atoms with Gasteiger partial charge in [0.05, 0.1) is 37.7 Å². The second-order valence-electron chi connectivity index (χ2n) is 6.60. The SMILES string of the molecule is CC(=O)C1C(c2ccc(F)c(Br)c2)=NCC1(c1cc(Cl)c(Cl)c(Cl)c1)C(F)(F)F. The second-order valence-corrected chi connectivity index (χ2v) is 8.64. The Kier molecular flexibility index (Phi) is 6.09. The maximum absolute atomic E-state index is 14.5. The molecule has 1 heterocycles. The third-order valence-corrected chi connectivity index (χ3v) is 6.70. The Morgan fingerprint density at radius 1 is 1.17 bits per heavy atom. The van der Waals surface area contributed by atoms with Crippen LogP contribution in [-0.2, 0) is 10.2 Å². The first-order valence-corrected chi connectivity index (χ1v) is 10.0. The summed E-state index contributed by atoms with van der Waals surface area (Å²) in [6, 6.07) is 5.76. The number of nitrogens with zero attached hydrogens (tertiary/aromatic N) is 1. The van der Waals surface area contributed by atoms with Crippen molar-refractivity contribution in [1.82, 2.24) is 0 Å². The minimum absolute atomic E-state index is 0.0436. The monoisotopic (exact) mass is 529 g/mol. The lowest BCUT2D eigenvalue weighted by molar-refractivity contribution is -0.195. The summed E-state index contributed by atoms with van der Waals surface area (Å²) in [6.07, 6.45) is -4.87. The van der Waals surface area contributed by atoms with Crippen molar-refractivity contribution in [1.29, 1.82) is 0 Å². The average Bonchev–Trinajstić information content (AvgIpc) is 3.03. The maximum Gasteiger partial charge on any atom is 0.401 e. The van der Waals surface area contributed by atoms with Crippen molar-refractivity contribution < 1.29 is 22.4 Å². The first kappa shape index (κ1) is 22.5. The Labute approximate surface area is 187 Å². The number of carbonyl (C=O) groups excluding carboxylic acids is 1. The van der Waals surface area contributed by atoms with E-state index < -0.39 is 35.7 Å². The molecule has 3 rings (SSSR count). The molecule has 0 spiro atoms. The molecule has 0 saturated heterocycles. The maximum atomic E-state index is 14.5. The molecular formula is C19H11BrCl3F4NO. The van der Waals surface area contributed by atoms with Gasteiger partial charge in [0.2, 0.25) is 0 Å². The normalized spacial score (nSPS) is 22.0. The topological polar surface area (TPSA) is 29.4 Å². The van der Waals surface area contributed by atoms with E-state index in [2.05, 4.69) is 20.9 Å². The molecule has 10 heteroatoms. The van der Waals surface area contributed by atoms with E-state index in [9.17, 15) is 22.4 Å². The number of aliphatic imine (C=N–C) groups is 1. The zero-order chi connectivity index (χ0) is 21.7. The molecule has 2 aromatic carbocycles. The van der Waals surface area contributed by atoms with Gasteiger partial charge >= 0.3 is 6.18 Å². The molecular weight excluding hydrogens is 520 g/mol. The number of Topliss-reactive ketones (excluding diaryl/α,β-unsaturated/α-hetero) is 1. The minimum Gasteiger partial charge on any atom is -0.299 e. The highest BCUT2D eigenvalue weighted by atomic mass is 79.9. The quantitative estimate of drug-likeness (QED) is 0.308. The molecule has 2 nitrogen and oxygen atoms in total. The van der Waals surface area contributed by atoms with E-state index in [1.165, 1.54) is 12.1 Å². The Hall–Kier alpha value is -1.15. The number of halogens is 8. The number of hydrogen-bond acceptors (Lipinski definition) is 2. The lowest BCUT2D eigenvalue weighted by Crippen LogP contribution is -2.52. The zero-order valence-corrected chi connectivity index (χ0v) is 18.4. The van der Waals surface area contributed by atoms with Crippen molar-refractivity contribution in [3.8, 4) is 0 Å². The summed E-state index contributed by atoms with van der Waals surface area (Å²) in [6.45, 7) is 0.309. The number of hydrogen-bond donors (Lipinski definition) is 0. The minimum atomic E-state index is -4.87. The van der Waals surface area contributed by atoms with E-state index in [0.29, 0.717) is 0 Å². The summed E-state index contributed by atoms with van der Waals surface area (Å²) in [5.41, 5.74) is -2.88. The molecule has 1 aliphatic rings. The first-order chi connectivity index (χ1) is 13.4. The molecule has 0 radical (unpaired) electrons. The van der Waals surface area contributed by atoms with Gasteiger partial charge in [0, 0.05) is 0 Å². The predicted molar refractivity (Wildman–Crippen MR) is 109 cm³/mol. The van der Waals surface area contributed by atoms with Crippen molar-refractivity contribution in [2.75, 3.05) is 6.54 Å². The van der Waals surface area contributed by atoms with Gasteiger partial charge in [0.1, 0.15) is 17.0 Å². The smallest absolute Gasteiger partial charge is 0.299 e. The molecule has 29 heavy (non-hydrogen) atoms. The molecule has 0 fully saturated rings. The molecule has 0 aliphatic carbocycles. The van der Waals surface area contributed by atoms with Crippen LogP contribution < -0.4 is 0 Å². The van der Waals surface area contributed by atoms with E-state index in [4.69, 9.17) is 34.8 Å². The van der Waals surface area contributed by atoms with Gasteiger partial charge in [0.25, 0.3) is 0 Å². The molecule has 2 atom stereocenters. The molecule has 2 aromatic rings. The van der Waals surface area contributed by atoms with Crippen LogP contribution in [0.2, 0.25) is 15.1 Å². The average molecular weight is 532 g/mol. The fourth-order valence-electron chi connectivity index (χ4n) is 3.57. The highest BCUT2D eigenvalue weighted by Crippen LogP contribution is 2.53. The lowest BCUT2D eigenvalue weighted by Gasteiger charge is -2.37.